The Kier molecular flexibility index (Phi) is 4.71. The van der Waals surface area contributed by atoms with Crippen molar-refractivity contribution in [1.82, 2.24) is 9.84 Å². The van der Waals surface area contributed by atoms with Crippen LogP contribution in [0, 0.1) is 0 Å². The number of carbonyl (C=O) groups excluding carboxylic acids is 1. The number of nitrogens with one attached hydrogen (secondary N) is 1. The van der Waals surface area contributed by atoms with Gasteiger partial charge in [0.05, 0.1) is 30.8 Å². The second-order valence-electron chi connectivity index (χ2n) is 4.18. The highest BCUT2D eigenvalue weighted by Crippen LogP contribution is 2.16. The van der Waals surface area contributed by atoms with Crippen molar-refractivity contribution < 1.29 is 22.7 Å². The first kappa shape index (κ1) is 14.9. The van der Waals surface area contributed by atoms with Crippen molar-refractivity contribution in [3.05, 3.63) is 29.8 Å². The number of nitrogens with zero attached hydrogens (tertiary/aromatic N) is 1. The molecule has 20 heavy (non-hydrogen) atoms. The Hall–Kier alpha value is -1.48. The lowest BCUT2D eigenvalue weighted by Gasteiger charge is -2.26. The van der Waals surface area contributed by atoms with Crippen molar-refractivity contribution in [3.8, 4) is 0 Å². The molecule has 0 unspecified atom stereocenters. The van der Waals surface area contributed by atoms with Crippen LogP contribution in [0.15, 0.2) is 29.2 Å². The van der Waals surface area contributed by atoms with Crippen LogP contribution in [-0.2, 0) is 19.5 Å². The molecule has 0 atom stereocenters. The fourth-order valence-corrected chi connectivity index (χ4v) is 3.17. The molecule has 0 aliphatic carbocycles. The van der Waals surface area contributed by atoms with Crippen LogP contribution in [0.1, 0.15) is 10.4 Å². The van der Waals surface area contributed by atoms with Gasteiger partial charge in [-0.05, 0) is 12.1 Å². The van der Waals surface area contributed by atoms with E-state index >= 15 is 0 Å². The lowest BCUT2D eigenvalue weighted by Crippen LogP contribution is -2.48. The van der Waals surface area contributed by atoms with Gasteiger partial charge in [0.15, 0.2) is 0 Å². The smallest absolute Gasteiger partial charge is 0.339 e. The Morgan fingerprint density at radius 3 is 2.60 bits per heavy atom. The van der Waals surface area contributed by atoms with E-state index in [1.807, 2.05) is 0 Å². The monoisotopic (exact) mass is 300 g/mol. The van der Waals surface area contributed by atoms with Gasteiger partial charge in [-0.2, -0.15) is 0 Å². The molecule has 1 heterocycles. The summed E-state index contributed by atoms with van der Waals surface area (Å²) in [6.45, 7) is 1.83. The van der Waals surface area contributed by atoms with Gasteiger partial charge in [-0.1, -0.05) is 12.1 Å². The number of morpholine rings is 1. The topological polar surface area (TPSA) is 84.9 Å². The van der Waals surface area contributed by atoms with Crippen molar-refractivity contribution in [3.63, 3.8) is 0 Å². The van der Waals surface area contributed by atoms with E-state index in [-0.39, 0.29) is 10.5 Å². The molecule has 0 amide bonds. The van der Waals surface area contributed by atoms with Gasteiger partial charge in [-0.25, -0.2) is 18.2 Å². The number of benzene rings is 1. The summed E-state index contributed by atoms with van der Waals surface area (Å²) in [6, 6.07) is 5.93. The van der Waals surface area contributed by atoms with Gasteiger partial charge < -0.3 is 9.47 Å². The van der Waals surface area contributed by atoms with E-state index in [0.29, 0.717) is 26.3 Å². The van der Waals surface area contributed by atoms with Gasteiger partial charge in [0.1, 0.15) is 0 Å². The Labute approximate surface area is 117 Å². The SMILES string of the molecule is COC(=O)c1ccccc1S(=O)(=O)NN1CCOCC1. The predicted octanol–water partition coefficient (Wildman–Crippen LogP) is -0.00130. The number of rotatable bonds is 4. The number of carbonyl (C=O) groups is 1. The van der Waals surface area contributed by atoms with Crippen LogP contribution in [0.4, 0.5) is 0 Å². The van der Waals surface area contributed by atoms with Crippen LogP contribution in [0.2, 0.25) is 0 Å². The summed E-state index contributed by atoms with van der Waals surface area (Å²) >= 11 is 0. The molecular formula is C12H16N2O5S. The highest BCUT2D eigenvalue weighted by Gasteiger charge is 2.25. The zero-order chi connectivity index (χ0) is 14.6. The van der Waals surface area contributed by atoms with E-state index in [1.54, 1.807) is 17.1 Å². The molecular weight excluding hydrogens is 284 g/mol. The van der Waals surface area contributed by atoms with Gasteiger partial charge in [-0.15, -0.1) is 4.83 Å². The Morgan fingerprint density at radius 2 is 1.95 bits per heavy atom. The minimum absolute atomic E-state index is 0.00996. The number of hydrogen-bond donors (Lipinski definition) is 1. The van der Waals surface area contributed by atoms with Gasteiger partial charge in [0, 0.05) is 13.1 Å². The quantitative estimate of drug-likeness (QED) is 0.788. The summed E-state index contributed by atoms with van der Waals surface area (Å²) < 4.78 is 34.4. The minimum atomic E-state index is -3.83. The minimum Gasteiger partial charge on any atom is -0.465 e. The van der Waals surface area contributed by atoms with Crippen molar-refractivity contribution in [2.75, 3.05) is 33.4 Å². The fraction of sp³-hybridized carbons (Fsp3) is 0.417. The van der Waals surface area contributed by atoms with Crippen LogP contribution < -0.4 is 4.83 Å². The van der Waals surface area contributed by atoms with Gasteiger partial charge in [-0.3, -0.25) is 0 Å². The third-order valence-corrected chi connectivity index (χ3v) is 4.28. The predicted molar refractivity (Wildman–Crippen MR) is 70.5 cm³/mol. The molecule has 1 aromatic carbocycles. The lowest BCUT2D eigenvalue weighted by atomic mass is 10.2. The largest absolute Gasteiger partial charge is 0.465 e. The van der Waals surface area contributed by atoms with E-state index in [0.717, 1.165) is 0 Å². The van der Waals surface area contributed by atoms with E-state index in [4.69, 9.17) is 4.74 Å². The molecule has 1 aromatic rings. The van der Waals surface area contributed by atoms with Crippen molar-refractivity contribution in [1.29, 1.82) is 0 Å². The van der Waals surface area contributed by atoms with Crippen molar-refractivity contribution in [2.45, 2.75) is 4.90 Å². The molecule has 1 fully saturated rings. The Balaban J connectivity index is 2.27. The first-order chi connectivity index (χ1) is 9.54. The zero-order valence-corrected chi connectivity index (χ0v) is 11.9. The average Bonchev–Trinajstić information content (AvgIpc) is 2.47. The summed E-state index contributed by atoms with van der Waals surface area (Å²) in [5, 5.41) is 1.55. The van der Waals surface area contributed by atoms with Gasteiger partial charge in [0.25, 0.3) is 10.0 Å². The molecule has 0 radical (unpaired) electrons. The van der Waals surface area contributed by atoms with Crippen LogP contribution in [0.5, 0.6) is 0 Å². The number of hydrazine groups is 1. The fourth-order valence-electron chi connectivity index (χ4n) is 1.85. The van der Waals surface area contributed by atoms with Crippen LogP contribution in [-0.4, -0.2) is 52.8 Å². The highest BCUT2D eigenvalue weighted by molar-refractivity contribution is 7.89. The maximum absolute atomic E-state index is 12.3. The molecule has 0 saturated carbocycles. The summed E-state index contributed by atoms with van der Waals surface area (Å²) in [6.07, 6.45) is 0. The summed E-state index contributed by atoms with van der Waals surface area (Å²) in [4.78, 5) is 14.0. The highest BCUT2D eigenvalue weighted by atomic mass is 32.2. The second kappa shape index (κ2) is 6.31. The third kappa shape index (κ3) is 3.34. The maximum atomic E-state index is 12.3. The van der Waals surface area contributed by atoms with Crippen molar-refractivity contribution in [2.24, 2.45) is 0 Å². The van der Waals surface area contributed by atoms with E-state index in [9.17, 15) is 13.2 Å². The van der Waals surface area contributed by atoms with E-state index in [2.05, 4.69) is 9.57 Å². The van der Waals surface area contributed by atoms with Crippen molar-refractivity contribution >= 4 is 16.0 Å². The molecule has 7 nitrogen and oxygen atoms in total. The first-order valence-corrected chi connectivity index (χ1v) is 7.55. The zero-order valence-electron chi connectivity index (χ0n) is 11.0. The summed E-state index contributed by atoms with van der Waals surface area (Å²) in [5.41, 5.74) is 0.00996. The molecule has 1 N–H and O–H groups in total. The summed E-state index contributed by atoms with van der Waals surface area (Å²) in [7, 11) is -2.62. The Morgan fingerprint density at radius 1 is 1.30 bits per heavy atom. The van der Waals surface area contributed by atoms with Crippen LogP contribution in [0.25, 0.3) is 0 Å². The number of hydrogen-bond acceptors (Lipinski definition) is 6. The normalized spacial score (nSPS) is 16.9. The molecule has 110 valence electrons. The standard InChI is InChI=1S/C12H16N2O5S/c1-18-12(15)10-4-2-3-5-11(10)20(16,17)13-14-6-8-19-9-7-14/h2-5,13H,6-9H2,1H3. The second-order valence-corrected chi connectivity index (χ2v) is 5.81. The van der Waals surface area contributed by atoms with Crippen LogP contribution in [0.3, 0.4) is 0 Å². The molecule has 8 heteroatoms. The Bertz CT molecular complexity index is 581. The average molecular weight is 300 g/mol. The van der Waals surface area contributed by atoms with Gasteiger partial charge in [0.2, 0.25) is 0 Å². The van der Waals surface area contributed by atoms with E-state index in [1.165, 1.54) is 19.2 Å². The molecule has 1 aliphatic rings. The molecule has 1 saturated heterocycles. The molecule has 0 bridgehead atoms. The third-order valence-electron chi connectivity index (χ3n) is 2.84. The first-order valence-electron chi connectivity index (χ1n) is 6.07. The lowest BCUT2D eigenvalue weighted by molar-refractivity contribution is 0.0272. The van der Waals surface area contributed by atoms with Gasteiger partial charge >= 0.3 is 5.97 Å². The molecule has 0 spiro atoms. The maximum Gasteiger partial charge on any atom is 0.339 e. The number of methoxy groups -OCH3 is 1. The van der Waals surface area contributed by atoms with E-state index < -0.39 is 16.0 Å². The number of esters is 1. The number of ether oxygens (including phenoxy) is 2. The number of sulfonamides is 1. The molecule has 2 rings (SSSR count). The molecule has 1 aliphatic heterocycles. The molecule has 0 aromatic heterocycles. The van der Waals surface area contributed by atoms with Crippen LogP contribution >= 0.6 is 0 Å². The summed E-state index contributed by atoms with van der Waals surface area (Å²) in [5.74, 6) is -0.687.